The zero-order chi connectivity index (χ0) is 20.6. The van der Waals surface area contributed by atoms with Gasteiger partial charge in [0.1, 0.15) is 24.3 Å². The quantitative estimate of drug-likeness (QED) is 0.546. The Hall–Kier alpha value is -2.70. The summed E-state index contributed by atoms with van der Waals surface area (Å²) in [5.41, 5.74) is 3.81. The topological polar surface area (TPSA) is 61.4 Å². The third-order valence-corrected chi connectivity index (χ3v) is 4.80. The van der Waals surface area contributed by atoms with Crippen molar-refractivity contribution in [3.05, 3.63) is 71.7 Å². The highest BCUT2D eigenvalue weighted by molar-refractivity contribution is 5.58. The molecule has 29 heavy (non-hydrogen) atoms. The molecule has 1 unspecified atom stereocenters. The van der Waals surface area contributed by atoms with Gasteiger partial charge in [0.05, 0.1) is 5.69 Å². The molecule has 0 amide bonds. The molecular formula is C23H28FN3O2. The van der Waals surface area contributed by atoms with E-state index >= 15 is 0 Å². The summed E-state index contributed by atoms with van der Waals surface area (Å²) in [5, 5.41) is 17.6. The van der Waals surface area contributed by atoms with Crippen molar-refractivity contribution in [3.63, 3.8) is 0 Å². The number of aryl methyl sites for hydroxylation is 2. The first-order valence-corrected chi connectivity index (χ1v) is 9.86. The number of hydrogen-bond donors (Lipinski definition) is 2. The van der Waals surface area contributed by atoms with E-state index < -0.39 is 6.10 Å². The highest BCUT2D eigenvalue weighted by Gasteiger charge is 2.11. The lowest BCUT2D eigenvalue weighted by atomic mass is 10.1. The molecule has 0 spiro atoms. The zero-order valence-electron chi connectivity index (χ0n) is 16.9. The van der Waals surface area contributed by atoms with Gasteiger partial charge < -0.3 is 14.7 Å². The molecule has 6 heteroatoms. The molecule has 154 valence electrons. The van der Waals surface area contributed by atoms with Gasteiger partial charge in [0.15, 0.2) is 0 Å². The van der Waals surface area contributed by atoms with Gasteiger partial charge in [0.2, 0.25) is 0 Å². The number of nitrogens with zero attached hydrogens (tertiary/aromatic N) is 2. The Morgan fingerprint density at radius 1 is 1.17 bits per heavy atom. The summed E-state index contributed by atoms with van der Waals surface area (Å²) >= 11 is 0. The van der Waals surface area contributed by atoms with E-state index in [4.69, 9.17) is 4.74 Å². The Balaban J connectivity index is 1.38. The third kappa shape index (κ3) is 6.41. The molecule has 1 atom stereocenters. The van der Waals surface area contributed by atoms with Crippen LogP contribution in [0.4, 0.5) is 4.39 Å². The molecule has 0 bridgehead atoms. The number of benzene rings is 2. The van der Waals surface area contributed by atoms with Crippen LogP contribution < -0.4 is 4.74 Å². The summed E-state index contributed by atoms with van der Waals surface area (Å²) in [6, 6.07) is 16.1. The number of rotatable bonds is 10. The van der Waals surface area contributed by atoms with E-state index in [1.807, 2.05) is 44.3 Å². The number of halogens is 1. The van der Waals surface area contributed by atoms with Gasteiger partial charge in [-0.3, -0.25) is 5.10 Å². The van der Waals surface area contributed by atoms with Crippen LogP contribution in [0.15, 0.2) is 54.6 Å². The van der Waals surface area contributed by atoms with Gasteiger partial charge in [-0.05, 0) is 75.3 Å². The summed E-state index contributed by atoms with van der Waals surface area (Å²) in [4.78, 5) is 2.10. The van der Waals surface area contributed by atoms with E-state index in [9.17, 15) is 9.50 Å². The van der Waals surface area contributed by atoms with Crippen LogP contribution in [0.25, 0.3) is 11.3 Å². The minimum atomic E-state index is -0.545. The van der Waals surface area contributed by atoms with E-state index in [0.717, 1.165) is 47.7 Å². The predicted octanol–water partition coefficient (Wildman–Crippen LogP) is 3.83. The monoisotopic (exact) mass is 397 g/mol. The number of H-pyrrole nitrogens is 1. The fourth-order valence-corrected chi connectivity index (χ4v) is 3.21. The molecule has 1 heterocycles. The van der Waals surface area contributed by atoms with Crippen molar-refractivity contribution in [1.82, 2.24) is 15.1 Å². The fraction of sp³-hybridized carbons (Fsp3) is 0.348. The number of nitrogens with one attached hydrogen (secondary N) is 1. The Bertz CT molecular complexity index is 895. The molecule has 0 aliphatic heterocycles. The van der Waals surface area contributed by atoms with Crippen LogP contribution in [0, 0.1) is 12.7 Å². The van der Waals surface area contributed by atoms with Crippen LogP contribution in [0.2, 0.25) is 0 Å². The average Bonchev–Trinajstić information content (AvgIpc) is 3.17. The molecule has 0 aliphatic rings. The summed E-state index contributed by atoms with van der Waals surface area (Å²) in [5.74, 6) is 0.560. The average molecular weight is 397 g/mol. The van der Waals surface area contributed by atoms with Crippen molar-refractivity contribution in [3.8, 4) is 17.0 Å². The largest absolute Gasteiger partial charge is 0.491 e. The zero-order valence-corrected chi connectivity index (χ0v) is 16.9. The van der Waals surface area contributed by atoms with Crippen molar-refractivity contribution in [2.75, 3.05) is 26.7 Å². The minimum Gasteiger partial charge on any atom is -0.491 e. The van der Waals surface area contributed by atoms with E-state index in [1.165, 1.54) is 12.1 Å². The van der Waals surface area contributed by atoms with Gasteiger partial charge in [0.25, 0.3) is 0 Å². The summed E-state index contributed by atoms with van der Waals surface area (Å²) in [7, 11) is 1.99. The number of aromatic amines is 1. The minimum absolute atomic E-state index is 0.251. The van der Waals surface area contributed by atoms with Gasteiger partial charge in [-0.2, -0.15) is 5.10 Å². The summed E-state index contributed by atoms with van der Waals surface area (Å²) in [6.45, 7) is 3.67. The number of hydrogen-bond acceptors (Lipinski definition) is 4. The smallest absolute Gasteiger partial charge is 0.123 e. The lowest BCUT2D eigenvalue weighted by Gasteiger charge is -2.21. The first kappa shape index (κ1) is 21.0. The molecule has 0 radical (unpaired) electrons. The van der Waals surface area contributed by atoms with Crippen molar-refractivity contribution < 1.29 is 14.2 Å². The summed E-state index contributed by atoms with van der Waals surface area (Å²) in [6.07, 6.45) is 1.25. The summed E-state index contributed by atoms with van der Waals surface area (Å²) < 4.78 is 18.7. The second-order valence-corrected chi connectivity index (χ2v) is 7.38. The number of para-hydroxylation sites is 1. The second kappa shape index (κ2) is 10.2. The SMILES string of the molecule is Cc1ccccc1OCC(O)CN(C)CCCc1cc(-c2ccc(F)cc2)n[nH]1. The number of ether oxygens (including phenoxy) is 1. The van der Waals surface area contributed by atoms with E-state index in [-0.39, 0.29) is 12.4 Å². The Kier molecular flexibility index (Phi) is 7.38. The number of likely N-dealkylation sites (N-methyl/N-ethyl adjacent to an activating group) is 1. The van der Waals surface area contributed by atoms with Crippen LogP contribution >= 0.6 is 0 Å². The molecular weight excluding hydrogens is 369 g/mol. The van der Waals surface area contributed by atoms with Crippen molar-refractivity contribution in [2.45, 2.75) is 25.9 Å². The maximum absolute atomic E-state index is 13.0. The normalized spacial score (nSPS) is 12.3. The first-order valence-electron chi connectivity index (χ1n) is 9.86. The van der Waals surface area contributed by atoms with Gasteiger partial charge >= 0.3 is 0 Å². The molecule has 1 aromatic heterocycles. The molecule has 0 aliphatic carbocycles. The lowest BCUT2D eigenvalue weighted by molar-refractivity contribution is 0.0758. The second-order valence-electron chi connectivity index (χ2n) is 7.38. The number of aliphatic hydroxyl groups excluding tert-OH is 1. The maximum atomic E-state index is 13.0. The molecule has 0 saturated carbocycles. The molecule has 2 N–H and O–H groups in total. The first-order chi connectivity index (χ1) is 14.0. The van der Waals surface area contributed by atoms with Crippen LogP contribution in [-0.4, -0.2) is 53.1 Å². The van der Waals surface area contributed by atoms with Crippen molar-refractivity contribution in [1.29, 1.82) is 0 Å². The fourth-order valence-electron chi connectivity index (χ4n) is 3.21. The molecule has 0 saturated heterocycles. The predicted molar refractivity (Wildman–Crippen MR) is 112 cm³/mol. The third-order valence-electron chi connectivity index (χ3n) is 4.80. The van der Waals surface area contributed by atoms with Gasteiger partial charge in [0, 0.05) is 17.8 Å². The maximum Gasteiger partial charge on any atom is 0.123 e. The Labute approximate surface area is 171 Å². The Morgan fingerprint density at radius 3 is 2.69 bits per heavy atom. The van der Waals surface area contributed by atoms with Crippen molar-refractivity contribution in [2.24, 2.45) is 0 Å². The highest BCUT2D eigenvalue weighted by Crippen LogP contribution is 2.19. The number of aliphatic hydroxyl groups is 1. The highest BCUT2D eigenvalue weighted by atomic mass is 19.1. The molecule has 3 aromatic rings. The van der Waals surface area contributed by atoms with Crippen molar-refractivity contribution >= 4 is 0 Å². The van der Waals surface area contributed by atoms with Crippen LogP contribution in [0.1, 0.15) is 17.7 Å². The molecule has 0 fully saturated rings. The van der Waals surface area contributed by atoms with E-state index in [0.29, 0.717) is 6.54 Å². The van der Waals surface area contributed by atoms with Crippen LogP contribution in [0.5, 0.6) is 5.75 Å². The van der Waals surface area contributed by atoms with Gasteiger partial charge in [-0.15, -0.1) is 0 Å². The van der Waals surface area contributed by atoms with E-state index in [2.05, 4.69) is 15.1 Å². The standard InChI is InChI=1S/C23H28FN3O2/c1-17-6-3-4-8-23(17)29-16-21(28)15-27(2)13-5-7-20-14-22(26-25-20)18-9-11-19(24)12-10-18/h3-4,6,8-12,14,21,28H,5,7,13,15-16H2,1-2H3,(H,25,26). The van der Waals surface area contributed by atoms with Crippen LogP contribution in [0.3, 0.4) is 0 Å². The molecule has 3 rings (SSSR count). The Morgan fingerprint density at radius 2 is 1.93 bits per heavy atom. The molecule has 2 aromatic carbocycles. The van der Waals surface area contributed by atoms with Gasteiger partial charge in [-0.25, -0.2) is 4.39 Å². The molecule has 5 nitrogen and oxygen atoms in total. The van der Waals surface area contributed by atoms with Crippen LogP contribution in [-0.2, 0) is 6.42 Å². The number of aromatic nitrogens is 2. The lowest BCUT2D eigenvalue weighted by Crippen LogP contribution is -2.33. The van der Waals surface area contributed by atoms with Gasteiger partial charge in [-0.1, -0.05) is 18.2 Å². The van der Waals surface area contributed by atoms with E-state index in [1.54, 1.807) is 12.1 Å².